The van der Waals surface area contributed by atoms with Crippen LogP contribution in [0.5, 0.6) is 0 Å². The Morgan fingerprint density at radius 1 is 0.875 bits per heavy atom. The van der Waals surface area contributed by atoms with Crippen LogP contribution in [-0.4, -0.2) is 88.2 Å². The van der Waals surface area contributed by atoms with Crippen molar-refractivity contribution in [2.75, 3.05) is 65.2 Å². The van der Waals surface area contributed by atoms with Gasteiger partial charge in [0.1, 0.15) is 12.5 Å². The van der Waals surface area contributed by atoms with E-state index in [-0.39, 0.29) is 18.4 Å². The maximum absolute atomic E-state index is 13.3. The molecule has 1 aliphatic heterocycles. The minimum absolute atomic E-state index is 0.0218. The number of rotatable bonds is 10. The van der Waals surface area contributed by atoms with Crippen molar-refractivity contribution >= 4 is 40.6 Å². The van der Waals surface area contributed by atoms with E-state index in [0.717, 1.165) is 16.8 Å². The molecular weight excluding hydrogens is 506 g/mol. The third-order valence-electron chi connectivity index (χ3n) is 6.55. The summed E-state index contributed by atoms with van der Waals surface area (Å²) in [6.45, 7) is 1.21. The number of hydrogen-bond acceptors (Lipinski definition) is 7. The van der Waals surface area contributed by atoms with Gasteiger partial charge in [-0.05, 0) is 75.7 Å². The van der Waals surface area contributed by atoms with Crippen LogP contribution in [-0.2, 0) is 14.3 Å². The van der Waals surface area contributed by atoms with Gasteiger partial charge < -0.3 is 24.8 Å². The van der Waals surface area contributed by atoms with Crippen molar-refractivity contribution in [1.29, 1.82) is 0 Å². The van der Waals surface area contributed by atoms with Crippen LogP contribution in [0, 0.1) is 0 Å². The SMILES string of the molecule is CN(C)CCOC(=O)c1ccc2c(c1)NC(=O)C2C(=Nc1ccc(N(C)C(=O)CN(C)C)cc1)c1ccccc1. The number of esters is 1. The molecule has 1 aliphatic rings. The number of carbonyl (C=O) groups is 3. The van der Waals surface area contributed by atoms with E-state index in [0.29, 0.717) is 35.7 Å². The largest absolute Gasteiger partial charge is 0.461 e. The number of nitrogens with zero attached hydrogens (tertiary/aromatic N) is 4. The van der Waals surface area contributed by atoms with Gasteiger partial charge in [0, 0.05) is 25.0 Å². The van der Waals surface area contributed by atoms with E-state index >= 15 is 0 Å². The summed E-state index contributed by atoms with van der Waals surface area (Å²) >= 11 is 0. The molecule has 1 N–H and O–H groups in total. The number of amides is 2. The number of likely N-dealkylation sites (N-methyl/N-ethyl adjacent to an activating group) is 3. The van der Waals surface area contributed by atoms with Crippen LogP contribution in [0.1, 0.15) is 27.4 Å². The predicted octanol–water partition coefficient (Wildman–Crippen LogP) is 3.79. The molecular formula is C31H35N5O4. The first kappa shape index (κ1) is 28.7. The number of ether oxygens (including phenoxy) is 1. The molecule has 0 spiro atoms. The second-order valence-corrected chi connectivity index (χ2v) is 10.2. The lowest BCUT2D eigenvalue weighted by Gasteiger charge is -2.20. The quantitative estimate of drug-likeness (QED) is 0.310. The van der Waals surface area contributed by atoms with Crippen LogP contribution < -0.4 is 10.2 Å². The Bertz CT molecular complexity index is 1400. The molecule has 1 unspecified atom stereocenters. The van der Waals surface area contributed by atoms with Crippen molar-refractivity contribution in [1.82, 2.24) is 9.80 Å². The van der Waals surface area contributed by atoms with Crippen LogP contribution in [0.25, 0.3) is 0 Å². The number of anilines is 2. The average molecular weight is 542 g/mol. The number of fused-ring (bicyclic) bond motifs is 1. The van der Waals surface area contributed by atoms with E-state index < -0.39 is 11.9 Å². The van der Waals surface area contributed by atoms with Crippen LogP contribution in [0.3, 0.4) is 0 Å². The van der Waals surface area contributed by atoms with Gasteiger partial charge in [-0.25, -0.2) is 4.79 Å². The van der Waals surface area contributed by atoms with Crippen LogP contribution in [0.4, 0.5) is 17.1 Å². The first-order valence-corrected chi connectivity index (χ1v) is 13.1. The molecule has 9 heteroatoms. The Balaban J connectivity index is 1.64. The van der Waals surface area contributed by atoms with Crippen LogP contribution >= 0.6 is 0 Å². The van der Waals surface area contributed by atoms with E-state index in [1.54, 1.807) is 30.1 Å². The van der Waals surface area contributed by atoms with Gasteiger partial charge in [0.2, 0.25) is 11.8 Å². The van der Waals surface area contributed by atoms with Crippen molar-refractivity contribution in [2.45, 2.75) is 5.92 Å². The second kappa shape index (κ2) is 12.7. The highest BCUT2D eigenvalue weighted by Crippen LogP contribution is 2.37. The molecule has 0 saturated heterocycles. The maximum atomic E-state index is 13.3. The highest BCUT2D eigenvalue weighted by Gasteiger charge is 2.36. The fourth-order valence-electron chi connectivity index (χ4n) is 4.38. The topological polar surface area (TPSA) is 94.5 Å². The highest BCUT2D eigenvalue weighted by atomic mass is 16.5. The molecule has 4 rings (SSSR count). The summed E-state index contributed by atoms with van der Waals surface area (Å²) in [7, 11) is 9.26. The summed E-state index contributed by atoms with van der Waals surface area (Å²) in [5.41, 5.74) is 4.48. The molecule has 0 aromatic heterocycles. The zero-order valence-electron chi connectivity index (χ0n) is 23.5. The summed E-state index contributed by atoms with van der Waals surface area (Å²) < 4.78 is 5.36. The van der Waals surface area contributed by atoms with Crippen LogP contribution in [0.2, 0.25) is 0 Å². The van der Waals surface area contributed by atoms with E-state index in [1.807, 2.05) is 92.6 Å². The van der Waals surface area contributed by atoms with Crippen molar-refractivity contribution < 1.29 is 19.1 Å². The molecule has 0 bridgehead atoms. The minimum Gasteiger partial charge on any atom is -0.461 e. The fourth-order valence-corrected chi connectivity index (χ4v) is 4.38. The zero-order valence-corrected chi connectivity index (χ0v) is 23.5. The van der Waals surface area contributed by atoms with Gasteiger partial charge in [0.05, 0.1) is 23.5 Å². The van der Waals surface area contributed by atoms with Crippen LogP contribution in [0.15, 0.2) is 77.8 Å². The lowest BCUT2D eigenvalue weighted by Crippen LogP contribution is -2.34. The van der Waals surface area contributed by atoms with E-state index in [1.165, 1.54) is 0 Å². The molecule has 1 atom stereocenters. The first-order valence-electron chi connectivity index (χ1n) is 13.1. The Morgan fingerprint density at radius 3 is 2.23 bits per heavy atom. The standard InChI is InChI=1S/C31H35N5O4/c1-34(2)17-18-40-31(39)22-11-16-25-26(19-22)33-30(38)28(25)29(21-9-7-6-8-10-21)32-23-12-14-24(15-13-23)36(5)27(37)20-35(3)4/h6-16,19,28H,17-18,20H2,1-5H3,(H,33,38). The molecule has 1 heterocycles. The lowest BCUT2D eigenvalue weighted by molar-refractivity contribution is -0.119. The van der Waals surface area contributed by atoms with Gasteiger partial charge >= 0.3 is 5.97 Å². The Labute approximate surface area is 235 Å². The zero-order chi connectivity index (χ0) is 28.8. The number of hydrogen-bond donors (Lipinski definition) is 1. The third kappa shape index (κ3) is 6.80. The Hall–Kier alpha value is -4.34. The van der Waals surface area contributed by atoms with Gasteiger partial charge in [0.25, 0.3) is 0 Å². The predicted molar refractivity (Wildman–Crippen MR) is 158 cm³/mol. The number of benzene rings is 3. The molecule has 0 aliphatic carbocycles. The molecule has 3 aromatic rings. The molecule has 2 amide bonds. The normalized spacial score (nSPS) is 14.7. The fraction of sp³-hybridized carbons (Fsp3) is 0.290. The van der Waals surface area contributed by atoms with Gasteiger partial charge in [-0.3, -0.25) is 14.6 Å². The van der Waals surface area contributed by atoms with E-state index in [9.17, 15) is 14.4 Å². The summed E-state index contributed by atoms with van der Waals surface area (Å²) in [4.78, 5) is 48.6. The second-order valence-electron chi connectivity index (χ2n) is 10.2. The van der Waals surface area contributed by atoms with Gasteiger partial charge in [-0.15, -0.1) is 0 Å². The van der Waals surface area contributed by atoms with Gasteiger partial charge in [-0.1, -0.05) is 36.4 Å². The third-order valence-corrected chi connectivity index (χ3v) is 6.55. The summed E-state index contributed by atoms with van der Waals surface area (Å²) in [5.74, 6) is -1.35. The Morgan fingerprint density at radius 2 is 1.57 bits per heavy atom. The van der Waals surface area contributed by atoms with Crippen molar-refractivity contribution in [3.8, 4) is 0 Å². The molecule has 3 aromatic carbocycles. The van der Waals surface area contributed by atoms with E-state index in [4.69, 9.17) is 9.73 Å². The molecule has 0 radical (unpaired) electrons. The minimum atomic E-state index is -0.666. The van der Waals surface area contributed by atoms with Gasteiger partial charge in [0.15, 0.2) is 0 Å². The average Bonchev–Trinajstić information content (AvgIpc) is 3.26. The van der Waals surface area contributed by atoms with Crippen molar-refractivity contribution in [3.05, 3.63) is 89.5 Å². The van der Waals surface area contributed by atoms with Crippen molar-refractivity contribution in [3.63, 3.8) is 0 Å². The molecule has 0 fully saturated rings. The number of nitrogens with one attached hydrogen (secondary N) is 1. The summed E-state index contributed by atoms with van der Waals surface area (Å²) in [6.07, 6.45) is 0. The summed E-state index contributed by atoms with van der Waals surface area (Å²) in [6, 6.07) is 22.0. The first-order chi connectivity index (χ1) is 19.1. The monoisotopic (exact) mass is 541 g/mol. The molecule has 40 heavy (non-hydrogen) atoms. The van der Waals surface area contributed by atoms with Gasteiger partial charge in [-0.2, -0.15) is 0 Å². The maximum Gasteiger partial charge on any atom is 0.338 e. The molecule has 208 valence electrons. The highest BCUT2D eigenvalue weighted by molar-refractivity contribution is 6.24. The number of carbonyl (C=O) groups excluding carboxylic acids is 3. The summed E-state index contributed by atoms with van der Waals surface area (Å²) in [5, 5.41) is 2.92. The molecule has 0 saturated carbocycles. The molecule has 9 nitrogen and oxygen atoms in total. The lowest BCUT2D eigenvalue weighted by atomic mass is 9.90. The van der Waals surface area contributed by atoms with Crippen molar-refractivity contribution in [2.24, 2.45) is 4.99 Å². The number of aliphatic imine (C=N–C) groups is 1. The Kier molecular flexibility index (Phi) is 9.08. The van der Waals surface area contributed by atoms with E-state index in [2.05, 4.69) is 5.32 Å². The smallest absolute Gasteiger partial charge is 0.338 e.